The molecular weight excluding hydrogens is 304 g/mol. The molecule has 1 aromatic carbocycles. The molecule has 100 valence electrons. The van der Waals surface area contributed by atoms with E-state index in [1.54, 1.807) is 6.20 Å². The van der Waals surface area contributed by atoms with Crippen LogP contribution >= 0.6 is 15.9 Å². The van der Waals surface area contributed by atoms with E-state index in [9.17, 15) is 0 Å². The quantitative estimate of drug-likeness (QED) is 0.836. The van der Waals surface area contributed by atoms with Crippen LogP contribution in [0.5, 0.6) is 5.75 Å². The molecule has 1 heterocycles. The summed E-state index contributed by atoms with van der Waals surface area (Å²) in [4.78, 5) is 4.18. The maximum Gasteiger partial charge on any atom is 0.120 e. The van der Waals surface area contributed by atoms with Gasteiger partial charge in [-0.15, -0.1) is 0 Å². The molecule has 0 fully saturated rings. The van der Waals surface area contributed by atoms with Gasteiger partial charge in [0.25, 0.3) is 0 Å². The number of rotatable bonds is 5. The van der Waals surface area contributed by atoms with Gasteiger partial charge in [0.05, 0.1) is 18.0 Å². The Morgan fingerprint density at radius 3 is 2.79 bits per heavy atom. The number of nitrogens with zero attached hydrogens (tertiary/aromatic N) is 1. The van der Waals surface area contributed by atoms with E-state index in [0.29, 0.717) is 0 Å². The van der Waals surface area contributed by atoms with Gasteiger partial charge in [0, 0.05) is 6.54 Å². The first-order chi connectivity index (χ1) is 9.13. The summed E-state index contributed by atoms with van der Waals surface area (Å²) < 4.78 is 6.51. The van der Waals surface area contributed by atoms with E-state index < -0.39 is 0 Å². The summed E-state index contributed by atoms with van der Waals surface area (Å²) in [5.74, 6) is 0.906. The molecule has 0 bridgehead atoms. The van der Waals surface area contributed by atoms with Gasteiger partial charge in [-0.1, -0.05) is 12.1 Å². The van der Waals surface area contributed by atoms with Crippen molar-refractivity contribution in [2.75, 3.05) is 5.32 Å². The van der Waals surface area contributed by atoms with Gasteiger partial charge in [-0.05, 0) is 59.6 Å². The van der Waals surface area contributed by atoms with Gasteiger partial charge in [-0.2, -0.15) is 0 Å². The molecule has 0 atom stereocenters. The highest BCUT2D eigenvalue weighted by Crippen LogP contribution is 2.16. The van der Waals surface area contributed by atoms with Crippen molar-refractivity contribution >= 4 is 21.6 Å². The van der Waals surface area contributed by atoms with Gasteiger partial charge in [0.15, 0.2) is 0 Å². The second kappa shape index (κ2) is 6.57. The van der Waals surface area contributed by atoms with Crippen molar-refractivity contribution in [1.29, 1.82) is 0 Å². The number of anilines is 1. The molecule has 0 aliphatic heterocycles. The average molecular weight is 321 g/mol. The molecule has 19 heavy (non-hydrogen) atoms. The lowest BCUT2D eigenvalue weighted by atomic mass is 10.2. The topological polar surface area (TPSA) is 34.1 Å². The summed E-state index contributed by atoms with van der Waals surface area (Å²) in [5, 5.41) is 3.33. The summed E-state index contributed by atoms with van der Waals surface area (Å²) in [6.07, 6.45) is 2.00. The molecule has 0 unspecified atom stereocenters. The highest BCUT2D eigenvalue weighted by atomic mass is 79.9. The number of halogens is 1. The summed E-state index contributed by atoms with van der Waals surface area (Å²) in [6.45, 7) is 4.80. The number of nitrogens with one attached hydrogen (secondary N) is 1. The SMILES string of the molecule is CC(C)Oc1cccc(CNc2ccc(Br)nc2)c1. The summed E-state index contributed by atoms with van der Waals surface area (Å²) in [5.41, 5.74) is 2.18. The Morgan fingerprint density at radius 1 is 1.26 bits per heavy atom. The maximum atomic E-state index is 5.68. The third kappa shape index (κ3) is 4.56. The molecule has 2 rings (SSSR count). The van der Waals surface area contributed by atoms with Gasteiger partial charge >= 0.3 is 0 Å². The van der Waals surface area contributed by atoms with Crippen LogP contribution in [0.15, 0.2) is 47.2 Å². The number of aromatic nitrogens is 1. The van der Waals surface area contributed by atoms with Gasteiger partial charge in [-0.3, -0.25) is 0 Å². The monoisotopic (exact) mass is 320 g/mol. The van der Waals surface area contributed by atoms with Crippen LogP contribution in [0.3, 0.4) is 0 Å². The minimum atomic E-state index is 0.193. The molecule has 4 heteroatoms. The van der Waals surface area contributed by atoms with Crippen LogP contribution in [0.2, 0.25) is 0 Å². The lowest BCUT2D eigenvalue weighted by Crippen LogP contribution is -2.06. The zero-order valence-corrected chi connectivity index (χ0v) is 12.6. The Labute approximate surface area is 122 Å². The standard InChI is InChI=1S/C15H17BrN2O/c1-11(2)19-14-5-3-4-12(8-14)9-17-13-6-7-15(16)18-10-13/h3-8,10-11,17H,9H2,1-2H3. The zero-order valence-electron chi connectivity index (χ0n) is 11.1. The molecule has 0 saturated carbocycles. The van der Waals surface area contributed by atoms with Crippen molar-refractivity contribution in [3.05, 3.63) is 52.8 Å². The smallest absolute Gasteiger partial charge is 0.120 e. The Bertz CT molecular complexity index is 526. The van der Waals surface area contributed by atoms with E-state index in [1.807, 2.05) is 38.1 Å². The number of pyridine rings is 1. The number of benzene rings is 1. The molecule has 0 radical (unpaired) electrons. The molecule has 0 spiro atoms. The first-order valence-electron chi connectivity index (χ1n) is 6.24. The van der Waals surface area contributed by atoms with Crippen LogP contribution in [0.1, 0.15) is 19.4 Å². The predicted octanol–water partition coefficient (Wildman–Crippen LogP) is 4.24. The Hall–Kier alpha value is -1.55. The number of ether oxygens (including phenoxy) is 1. The van der Waals surface area contributed by atoms with Gasteiger partial charge in [-0.25, -0.2) is 4.98 Å². The normalized spacial score (nSPS) is 10.5. The van der Waals surface area contributed by atoms with Crippen LogP contribution in [0.4, 0.5) is 5.69 Å². The van der Waals surface area contributed by atoms with Crippen molar-refractivity contribution in [3.8, 4) is 5.75 Å². The molecule has 0 aliphatic rings. The summed E-state index contributed by atoms with van der Waals surface area (Å²) in [7, 11) is 0. The van der Waals surface area contributed by atoms with E-state index in [0.717, 1.165) is 22.6 Å². The third-order valence-corrected chi connectivity index (χ3v) is 2.96. The highest BCUT2D eigenvalue weighted by molar-refractivity contribution is 9.10. The first kappa shape index (κ1) is 13.9. The van der Waals surface area contributed by atoms with Crippen molar-refractivity contribution in [2.24, 2.45) is 0 Å². The van der Waals surface area contributed by atoms with Gasteiger partial charge < -0.3 is 10.1 Å². The summed E-state index contributed by atoms with van der Waals surface area (Å²) >= 11 is 3.32. The van der Waals surface area contributed by atoms with Crippen LogP contribution in [0.25, 0.3) is 0 Å². The molecule has 1 aromatic heterocycles. The lowest BCUT2D eigenvalue weighted by molar-refractivity contribution is 0.242. The lowest BCUT2D eigenvalue weighted by Gasteiger charge is -2.11. The highest BCUT2D eigenvalue weighted by Gasteiger charge is 2.00. The van der Waals surface area contributed by atoms with Gasteiger partial charge in [0.1, 0.15) is 10.4 Å². The zero-order chi connectivity index (χ0) is 13.7. The number of hydrogen-bond donors (Lipinski definition) is 1. The van der Waals surface area contributed by atoms with Crippen molar-refractivity contribution in [1.82, 2.24) is 4.98 Å². The Morgan fingerprint density at radius 2 is 2.11 bits per heavy atom. The van der Waals surface area contributed by atoms with Crippen LogP contribution < -0.4 is 10.1 Å². The molecular formula is C15H17BrN2O. The Kier molecular flexibility index (Phi) is 4.80. The minimum absolute atomic E-state index is 0.193. The Balaban J connectivity index is 1.97. The fourth-order valence-electron chi connectivity index (χ4n) is 1.69. The van der Waals surface area contributed by atoms with Crippen LogP contribution in [-0.4, -0.2) is 11.1 Å². The third-order valence-electron chi connectivity index (χ3n) is 2.49. The largest absolute Gasteiger partial charge is 0.491 e. The minimum Gasteiger partial charge on any atom is -0.491 e. The molecule has 2 aromatic rings. The average Bonchev–Trinajstić information content (AvgIpc) is 2.38. The predicted molar refractivity (Wildman–Crippen MR) is 81.5 cm³/mol. The van der Waals surface area contributed by atoms with Crippen molar-refractivity contribution in [2.45, 2.75) is 26.5 Å². The van der Waals surface area contributed by atoms with Crippen molar-refractivity contribution < 1.29 is 4.74 Å². The van der Waals surface area contributed by atoms with E-state index in [4.69, 9.17) is 4.74 Å². The van der Waals surface area contributed by atoms with Crippen molar-refractivity contribution in [3.63, 3.8) is 0 Å². The van der Waals surface area contributed by atoms with Crippen LogP contribution in [-0.2, 0) is 6.54 Å². The molecule has 0 aliphatic carbocycles. The fourth-order valence-corrected chi connectivity index (χ4v) is 1.92. The van der Waals surface area contributed by atoms with E-state index >= 15 is 0 Å². The first-order valence-corrected chi connectivity index (χ1v) is 7.04. The molecule has 0 amide bonds. The second-order valence-corrected chi connectivity index (χ2v) is 5.35. The van der Waals surface area contributed by atoms with Gasteiger partial charge in [0.2, 0.25) is 0 Å². The van der Waals surface area contributed by atoms with E-state index in [1.165, 1.54) is 5.56 Å². The van der Waals surface area contributed by atoms with E-state index in [2.05, 4.69) is 38.4 Å². The number of hydrogen-bond acceptors (Lipinski definition) is 3. The second-order valence-electron chi connectivity index (χ2n) is 4.54. The molecule has 3 nitrogen and oxygen atoms in total. The summed E-state index contributed by atoms with van der Waals surface area (Å²) in [6, 6.07) is 12.0. The maximum absolute atomic E-state index is 5.68. The molecule has 1 N–H and O–H groups in total. The molecule has 0 saturated heterocycles. The fraction of sp³-hybridized carbons (Fsp3) is 0.267. The van der Waals surface area contributed by atoms with Crippen LogP contribution in [0, 0.1) is 0 Å². The van der Waals surface area contributed by atoms with E-state index in [-0.39, 0.29) is 6.10 Å².